The predicted octanol–water partition coefficient (Wildman–Crippen LogP) is 1.69. The van der Waals surface area contributed by atoms with Crippen molar-refractivity contribution >= 4 is 11.8 Å². The molecular formula is C17H23F2N3O2. The number of likely N-dealkylation sites (N-methyl/N-ethyl adjacent to an activating group) is 1. The van der Waals surface area contributed by atoms with Crippen LogP contribution >= 0.6 is 0 Å². The lowest BCUT2D eigenvalue weighted by Gasteiger charge is -2.35. The average molecular weight is 339 g/mol. The van der Waals surface area contributed by atoms with E-state index in [2.05, 4.69) is 5.32 Å². The van der Waals surface area contributed by atoms with Crippen molar-refractivity contribution in [3.63, 3.8) is 0 Å². The third-order valence-corrected chi connectivity index (χ3v) is 4.57. The summed E-state index contributed by atoms with van der Waals surface area (Å²) in [5, 5.41) is 2.79. The van der Waals surface area contributed by atoms with Crippen LogP contribution in [0, 0.1) is 11.6 Å². The van der Waals surface area contributed by atoms with Crippen LogP contribution < -0.4 is 5.32 Å². The number of benzene rings is 1. The van der Waals surface area contributed by atoms with Gasteiger partial charge in [-0.05, 0) is 31.0 Å². The van der Waals surface area contributed by atoms with Gasteiger partial charge in [0.15, 0.2) is 11.6 Å². The number of nitrogens with zero attached hydrogens (tertiary/aromatic N) is 2. The van der Waals surface area contributed by atoms with Crippen molar-refractivity contribution in [2.75, 3.05) is 26.7 Å². The van der Waals surface area contributed by atoms with E-state index in [1.807, 2.05) is 11.8 Å². The minimum Gasteiger partial charge on any atom is -0.353 e. The molecule has 2 amide bonds. The Kier molecular flexibility index (Phi) is 5.88. The van der Waals surface area contributed by atoms with Gasteiger partial charge in [-0.1, -0.05) is 13.0 Å². The Bertz CT molecular complexity index is 624. The molecule has 132 valence electrons. The lowest BCUT2D eigenvalue weighted by molar-refractivity contribution is -0.137. The number of rotatable bonds is 5. The van der Waals surface area contributed by atoms with Crippen LogP contribution in [-0.4, -0.2) is 54.3 Å². The summed E-state index contributed by atoms with van der Waals surface area (Å²) in [5.41, 5.74) is 0.521. The topological polar surface area (TPSA) is 52.7 Å². The average Bonchev–Trinajstić information content (AvgIpc) is 2.56. The Morgan fingerprint density at radius 1 is 1.42 bits per heavy atom. The maximum Gasteiger partial charge on any atom is 0.237 e. The van der Waals surface area contributed by atoms with Crippen molar-refractivity contribution < 1.29 is 18.4 Å². The number of halogens is 2. The van der Waals surface area contributed by atoms with E-state index in [4.69, 9.17) is 0 Å². The molecular weight excluding hydrogens is 316 g/mol. The molecule has 5 nitrogen and oxygen atoms in total. The molecule has 1 aromatic carbocycles. The predicted molar refractivity (Wildman–Crippen MR) is 86.2 cm³/mol. The molecule has 2 unspecified atom stereocenters. The summed E-state index contributed by atoms with van der Waals surface area (Å²) < 4.78 is 26.4. The first-order chi connectivity index (χ1) is 11.3. The number of piperazine rings is 1. The molecule has 1 aromatic rings. The largest absolute Gasteiger partial charge is 0.353 e. The number of carbonyl (C=O) groups is 2. The van der Waals surface area contributed by atoms with Crippen molar-refractivity contribution in [1.82, 2.24) is 15.1 Å². The normalized spacial score (nSPS) is 19.7. The third-order valence-electron chi connectivity index (χ3n) is 4.57. The van der Waals surface area contributed by atoms with Crippen LogP contribution in [0.3, 0.4) is 0 Å². The van der Waals surface area contributed by atoms with Gasteiger partial charge in [-0.25, -0.2) is 8.78 Å². The fourth-order valence-electron chi connectivity index (χ4n) is 2.89. The molecule has 24 heavy (non-hydrogen) atoms. The van der Waals surface area contributed by atoms with Crippen LogP contribution in [0.4, 0.5) is 8.78 Å². The van der Waals surface area contributed by atoms with E-state index in [1.165, 1.54) is 11.0 Å². The Morgan fingerprint density at radius 3 is 2.75 bits per heavy atom. The Hall–Kier alpha value is -2.02. The molecule has 2 rings (SSSR count). The van der Waals surface area contributed by atoms with Gasteiger partial charge in [-0.2, -0.15) is 0 Å². The fraction of sp³-hybridized carbons (Fsp3) is 0.529. The number of hydrogen-bond donors (Lipinski definition) is 1. The fourth-order valence-corrected chi connectivity index (χ4v) is 2.89. The minimum atomic E-state index is -0.932. The lowest BCUT2D eigenvalue weighted by atomic mass is 10.1. The maximum atomic E-state index is 13.4. The summed E-state index contributed by atoms with van der Waals surface area (Å²) in [5.74, 6) is -2.07. The second-order valence-corrected chi connectivity index (χ2v) is 6.04. The molecule has 0 aliphatic carbocycles. The molecule has 7 heteroatoms. The highest BCUT2D eigenvalue weighted by molar-refractivity contribution is 5.84. The molecule has 2 atom stereocenters. The highest BCUT2D eigenvalue weighted by Crippen LogP contribution is 2.21. The van der Waals surface area contributed by atoms with Gasteiger partial charge in [-0.15, -0.1) is 0 Å². The van der Waals surface area contributed by atoms with Crippen LogP contribution in [0.1, 0.15) is 31.9 Å². The van der Waals surface area contributed by atoms with Gasteiger partial charge in [0.05, 0.1) is 18.6 Å². The van der Waals surface area contributed by atoms with Crippen molar-refractivity contribution in [1.29, 1.82) is 0 Å². The summed E-state index contributed by atoms with van der Waals surface area (Å²) in [6.07, 6.45) is 0.627. The van der Waals surface area contributed by atoms with Gasteiger partial charge >= 0.3 is 0 Å². The van der Waals surface area contributed by atoms with Crippen LogP contribution in [0.15, 0.2) is 18.2 Å². The first-order valence-electron chi connectivity index (χ1n) is 8.07. The zero-order valence-corrected chi connectivity index (χ0v) is 14.2. The molecule has 0 aromatic heterocycles. The van der Waals surface area contributed by atoms with E-state index in [9.17, 15) is 18.4 Å². The summed E-state index contributed by atoms with van der Waals surface area (Å²) in [6.45, 7) is 4.91. The maximum absolute atomic E-state index is 13.4. The number of amides is 2. The van der Waals surface area contributed by atoms with Crippen LogP contribution in [0.2, 0.25) is 0 Å². The summed E-state index contributed by atoms with van der Waals surface area (Å²) in [6, 6.07) is 2.92. The standard InChI is InChI=1S/C17H23F2N3O2/c1-4-15-17(24)20-7-8-22(15)10-16(23)21(3)11(2)12-5-6-13(18)14(19)9-12/h5-6,9,11,15H,4,7-8,10H2,1-3H3,(H,20,24). The Morgan fingerprint density at radius 2 is 2.12 bits per heavy atom. The lowest BCUT2D eigenvalue weighted by Crippen LogP contribution is -2.57. The molecule has 0 saturated carbocycles. The van der Waals surface area contributed by atoms with E-state index >= 15 is 0 Å². The van der Waals surface area contributed by atoms with Gasteiger partial charge in [-0.3, -0.25) is 14.5 Å². The van der Waals surface area contributed by atoms with Crippen LogP contribution in [0.5, 0.6) is 0 Å². The van der Waals surface area contributed by atoms with Gasteiger partial charge in [0.1, 0.15) is 0 Å². The molecule has 1 fully saturated rings. The second-order valence-electron chi connectivity index (χ2n) is 6.04. The molecule has 1 heterocycles. The molecule has 0 radical (unpaired) electrons. The van der Waals surface area contributed by atoms with Gasteiger partial charge in [0, 0.05) is 20.1 Å². The highest BCUT2D eigenvalue weighted by Gasteiger charge is 2.30. The minimum absolute atomic E-state index is 0.0622. The van der Waals surface area contributed by atoms with E-state index < -0.39 is 17.7 Å². The molecule has 0 spiro atoms. The third kappa shape index (κ3) is 3.90. The Balaban J connectivity index is 2.05. The van der Waals surface area contributed by atoms with Gasteiger partial charge in [0.2, 0.25) is 11.8 Å². The van der Waals surface area contributed by atoms with Crippen molar-refractivity contribution in [3.8, 4) is 0 Å². The van der Waals surface area contributed by atoms with Crippen LogP contribution in [-0.2, 0) is 9.59 Å². The van der Waals surface area contributed by atoms with E-state index in [1.54, 1.807) is 14.0 Å². The van der Waals surface area contributed by atoms with Crippen molar-refractivity contribution in [2.24, 2.45) is 0 Å². The zero-order valence-electron chi connectivity index (χ0n) is 14.2. The summed E-state index contributed by atoms with van der Waals surface area (Å²) >= 11 is 0. The van der Waals surface area contributed by atoms with Crippen molar-refractivity contribution in [3.05, 3.63) is 35.4 Å². The van der Waals surface area contributed by atoms with E-state index in [-0.39, 0.29) is 24.4 Å². The molecule has 1 N–H and O–H groups in total. The zero-order chi connectivity index (χ0) is 17.9. The van der Waals surface area contributed by atoms with E-state index in [0.29, 0.717) is 25.1 Å². The number of carbonyl (C=O) groups excluding carboxylic acids is 2. The van der Waals surface area contributed by atoms with Crippen LogP contribution in [0.25, 0.3) is 0 Å². The van der Waals surface area contributed by atoms with Gasteiger partial charge in [0.25, 0.3) is 0 Å². The van der Waals surface area contributed by atoms with E-state index in [0.717, 1.165) is 12.1 Å². The monoisotopic (exact) mass is 339 g/mol. The quantitative estimate of drug-likeness (QED) is 0.888. The van der Waals surface area contributed by atoms with Gasteiger partial charge < -0.3 is 10.2 Å². The molecule has 1 saturated heterocycles. The number of nitrogens with one attached hydrogen (secondary N) is 1. The molecule has 1 aliphatic heterocycles. The molecule has 1 aliphatic rings. The van der Waals surface area contributed by atoms with Crippen molar-refractivity contribution in [2.45, 2.75) is 32.4 Å². The first kappa shape index (κ1) is 18.3. The number of hydrogen-bond acceptors (Lipinski definition) is 3. The smallest absolute Gasteiger partial charge is 0.237 e. The Labute approximate surface area is 140 Å². The summed E-state index contributed by atoms with van der Waals surface area (Å²) in [7, 11) is 1.62. The second kappa shape index (κ2) is 7.70. The highest BCUT2D eigenvalue weighted by atomic mass is 19.2. The SMILES string of the molecule is CCC1C(=O)NCCN1CC(=O)N(C)C(C)c1ccc(F)c(F)c1. The summed E-state index contributed by atoms with van der Waals surface area (Å²) in [4.78, 5) is 27.7. The first-order valence-corrected chi connectivity index (χ1v) is 8.07. The molecule has 0 bridgehead atoms.